The summed E-state index contributed by atoms with van der Waals surface area (Å²) in [5.41, 5.74) is 2.56. The first kappa shape index (κ1) is 25.9. The monoisotopic (exact) mass is 513 g/mol. The molecular formula is C25H35N7O3S. The molecule has 0 aliphatic heterocycles. The average molecular weight is 514 g/mol. The first-order chi connectivity index (χ1) is 17.0. The molecule has 0 spiro atoms. The summed E-state index contributed by atoms with van der Waals surface area (Å²) >= 11 is 0. The largest absolute Gasteiger partial charge is 0.367 e. The van der Waals surface area contributed by atoms with Crippen molar-refractivity contribution >= 4 is 38.9 Å². The lowest BCUT2D eigenvalue weighted by Gasteiger charge is -2.29. The lowest BCUT2D eigenvalue weighted by molar-refractivity contribution is -0.119. The minimum Gasteiger partial charge on any atom is -0.367 e. The summed E-state index contributed by atoms with van der Waals surface area (Å²) in [6, 6.07) is 9.08. The van der Waals surface area contributed by atoms with Crippen molar-refractivity contribution in [2.45, 2.75) is 69.4 Å². The molecule has 1 amide bonds. The molecule has 2 heterocycles. The maximum Gasteiger partial charge on any atom is 0.242 e. The predicted molar refractivity (Wildman–Crippen MR) is 141 cm³/mol. The van der Waals surface area contributed by atoms with Crippen LogP contribution in [0.3, 0.4) is 0 Å². The van der Waals surface area contributed by atoms with Gasteiger partial charge in [0.15, 0.2) is 5.65 Å². The molecule has 11 heteroatoms. The van der Waals surface area contributed by atoms with E-state index < -0.39 is 10.0 Å². The Labute approximate surface area is 212 Å². The van der Waals surface area contributed by atoms with Gasteiger partial charge in [0.1, 0.15) is 11.6 Å². The van der Waals surface area contributed by atoms with Crippen molar-refractivity contribution in [3.63, 3.8) is 0 Å². The van der Waals surface area contributed by atoms with E-state index in [1.165, 1.54) is 18.4 Å². The molecule has 194 valence electrons. The number of carbonyl (C=O) groups excluding carboxylic acids is 1. The molecule has 1 fully saturated rings. The highest BCUT2D eigenvalue weighted by Gasteiger charge is 2.23. The molecule has 2 aromatic heterocycles. The van der Waals surface area contributed by atoms with E-state index in [1.54, 1.807) is 35.7 Å². The van der Waals surface area contributed by atoms with Crippen molar-refractivity contribution in [1.29, 1.82) is 0 Å². The van der Waals surface area contributed by atoms with E-state index in [4.69, 9.17) is 4.98 Å². The van der Waals surface area contributed by atoms with Crippen molar-refractivity contribution in [3.05, 3.63) is 42.1 Å². The second-order valence-electron chi connectivity index (χ2n) is 9.85. The lowest BCUT2D eigenvalue weighted by Crippen LogP contribution is -2.39. The highest BCUT2D eigenvalue weighted by atomic mass is 32.2. The summed E-state index contributed by atoms with van der Waals surface area (Å²) in [6.45, 7) is 5.78. The third-order valence-corrected chi connectivity index (χ3v) is 8.34. The number of carbonyl (C=O) groups is 1. The molecule has 3 aromatic rings. The summed E-state index contributed by atoms with van der Waals surface area (Å²) in [7, 11) is -0.469. The second-order valence-corrected chi connectivity index (χ2v) is 12.0. The quantitative estimate of drug-likeness (QED) is 0.420. The summed E-state index contributed by atoms with van der Waals surface area (Å²) in [5.74, 6) is 1.75. The molecule has 0 saturated heterocycles. The number of hydrogen-bond donors (Lipinski definition) is 3. The SMILES string of the molecule is CC(=O)NC1CCC(Nc2cc(Nc3ccc(S(=O)(=O)N(C)C)cc3)n3ncc(C(C)C)c3n2)CC1. The minimum absolute atomic E-state index is 0.0172. The fourth-order valence-electron chi connectivity index (χ4n) is 4.50. The zero-order chi connectivity index (χ0) is 26.0. The zero-order valence-electron chi connectivity index (χ0n) is 21.4. The maximum absolute atomic E-state index is 12.4. The van der Waals surface area contributed by atoms with Crippen LogP contribution in [-0.4, -0.2) is 59.4 Å². The predicted octanol–water partition coefficient (Wildman–Crippen LogP) is 3.71. The van der Waals surface area contributed by atoms with E-state index in [0.29, 0.717) is 0 Å². The van der Waals surface area contributed by atoms with E-state index in [1.807, 2.05) is 12.3 Å². The normalized spacial score (nSPS) is 18.5. The number of aromatic nitrogens is 3. The molecule has 3 N–H and O–H groups in total. The summed E-state index contributed by atoms with van der Waals surface area (Å²) in [5, 5.41) is 14.5. The van der Waals surface area contributed by atoms with E-state index in [2.05, 4.69) is 34.9 Å². The number of rotatable bonds is 8. The third kappa shape index (κ3) is 5.62. The number of benzene rings is 1. The fourth-order valence-corrected chi connectivity index (χ4v) is 5.40. The van der Waals surface area contributed by atoms with Crippen LogP contribution >= 0.6 is 0 Å². The van der Waals surface area contributed by atoms with Gasteiger partial charge in [0.25, 0.3) is 0 Å². The first-order valence-electron chi connectivity index (χ1n) is 12.3. The van der Waals surface area contributed by atoms with Crippen molar-refractivity contribution in [2.75, 3.05) is 24.7 Å². The van der Waals surface area contributed by atoms with E-state index >= 15 is 0 Å². The molecule has 0 unspecified atom stereocenters. The van der Waals surface area contributed by atoms with Gasteiger partial charge in [0, 0.05) is 50.4 Å². The molecule has 1 aliphatic carbocycles. The number of sulfonamides is 1. The Balaban J connectivity index is 1.59. The Bertz CT molecular complexity index is 1330. The first-order valence-corrected chi connectivity index (χ1v) is 13.7. The van der Waals surface area contributed by atoms with Gasteiger partial charge >= 0.3 is 0 Å². The van der Waals surface area contributed by atoms with Gasteiger partial charge in [0.2, 0.25) is 15.9 Å². The number of nitrogens with one attached hydrogen (secondary N) is 3. The second kappa shape index (κ2) is 10.4. The van der Waals surface area contributed by atoms with Crippen LogP contribution in [0.1, 0.15) is 57.9 Å². The number of amides is 1. The minimum atomic E-state index is -3.50. The van der Waals surface area contributed by atoms with Gasteiger partial charge in [-0.15, -0.1) is 0 Å². The van der Waals surface area contributed by atoms with Crippen LogP contribution in [-0.2, 0) is 14.8 Å². The van der Waals surface area contributed by atoms with Gasteiger partial charge in [-0.1, -0.05) is 13.8 Å². The fraction of sp³-hybridized carbons (Fsp3) is 0.480. The molecule has 1 aliphatic rings. The van der Waals surface area contributed by atoms with E-state index in [9.17, 15) is 13.2 Å². The molecule has 0 radical (unpaired) electrons. The number of anilines is 3. The highest BCUT2D eigenvalue weighted by molar-refractivity contribution is 7.89. The van der Waals surface area contributed by atoms with Gasteiger partial charge in [0.05, 0.1) is 11.1 Å². The van der Waals surface area contributed by atoms with Crippen LogP contribution < -0.4 is 16.0 Å². The Morgan fingerprint density at radius 2 is 1.72 bits per heavy atom. The molecule has 1 saturated carbocycles. The Hall–Kier alpha value is -3.18. The lowest BCUT2D eigenvalue weighted by atomic mass is 9.91. The van der Waals surface area contributed by atoms with Gasteiger partial charge in [-0.05, 0) is 55.9 Å². The van der Waals surface area contributed by atoms with Crippen LogP contribution in [0.2, 0.25) is 0 Å². The van der Waals surface area contributed by atoms with Crippen LogP contribution in [0, 0.1) is 0 Å². The van der Waals surface area contributed by atoms with Crippen molar-refractivity contribution in [3.8, 4) is 0 Å². The average Bonchev–Trinajstić information content (AvgIpc) is 3.25. The van der Waals surface area contributed by atoms with Crippen LogP contribution in [0.5, 0.6) is 0 Å². The summed E-state index contributed by atoms with van der Waals surface area (Å²) in [6.07, 6.45) is 5.58. The molecule has 10 nitrogen and oxygen atoms in total. The summed E-state index contributed by atoms with van der Waals surface area (Å²) < 4.78 is 27.8. The van der Waals surface area contributed by atoms with Crippen LogP contribution in [0.15, 0.2) is 41.4 Å². The van der Waals surface area contributed by atoms with Gasteiger partial charge < -0.3 is 16.0 Å². The van der Waals surface area contributed by atoms with E-state index in [-0.39, 0.29) is 28.8 Å². The number of fused-ring (bicyclic) bond motifs is 1. The molecule has 0 bridgehead atoms. The molecule has 4 rings (SSSR count). The smallest absolute Gasteiger partial charge is 0.242 e. The van der Waals surface area contributed by atoms with Gasteiger partial charge in [-0.2, -0.15) is 9.61 Å². The number of nitrogens with zero attached hydrogens (tertiary/aromatic N) is 4. The Kier molecular flexibility index (Phi) is 7.51. The standard InChI is InChI=1S/C25H35N7O3S/c1-16(2)22-15-26-32-24(29-20-10-12-21(13-11-20)36(34,35)31(4)5)14-23(30-25(22)32)28-19-8-6-18(7-9-19)27-17(3)33/h10-16,18-19,29H,6-9H2,1-5H3,(H,27,33)(H,28,30). The van der Waals surface area contributed by atoms with Crippen LogP contribution in [0.25, 0.3) is 5.65 Å². The number of hydrogen-bond acceptors (Lipinski definition) is 7. The third-order valence-electron chi connectivity index (χ3n) is 6.51. The maximum atomic E-state index is 12.4. The van der Waals surface area contributed by atoms with Crippen molar-refractivity contribution in [2.24, 2.45) is 0 Å². The van der Waals surface area contributed by atoms with Crippen molar-refractivity contribution < 1.29 is 13.2 Å². The zero-order valence-corrected chi connectivity index (χ0v) is 22.3. The van der Waals surface area contributed by atoms with Gasteiger partial charge in [-0.3, -0.25) is 4.79 Å². The topological polar surface area (TPSA) is 121 Å². The Morgan fingerprint density at radius 3 is 2.31 bits per heavy atom. The summed E-state index contributed by atoms with van der Waals surface area (Å²) in [4.78, 5) is 16.5. The molecule has 1 aromatic carbocycles. The van der Waals surface area contributed by atoms with Gasteiger partial charge in [-0.25, -0.2) is 17.7 Å². The molecule has 0 atom stereocenters. The van der Waals surface area contributed by atoms with Crippen molar-refractivity contribution in [1.82, 2.24) is 24.2 Å². The molecule has 36 heavy (non-hydrogen) atoms. The van der Waals surface area contributed by atoms with Crippen LogP contribution in [0.4, 0.5) is 17.3 Å². The van der Waals surface area contributed by atoms with E-state index in [0.717, 1.165) is 54.2 Å². The molecular weight excluding hydrogens is 478 g/mol. The highest BCUT2D eigenvalue weighted by Crippen LogP contribution is 2.28. The Morgan fingerprint density at radius 1 is 1.08 bits per heavy atom.